The molecule has 16 heavy (non-hydrogen) atoms. The molecule has 1 rings (SSSR count). The molecule has 0 N–H and O–H groups in total. The van der Waals surface area contributed by atoms with Gasteiger partial charge in [0, 0.05) is 14.2 Å². The Morgan fingerprint density at radius 3 is 2.50 bits per heavy atom. The first kappa shape index (κ1) is 13.2. The number of halogens is 2. The van der Waals surface area contributed by atoms with E-state index in [0.29, 0.717) is 0 Å². The third kappa shape index (κ3) is 3.33. The highest BCUT2D eigenvalue weighted by Crippen LogP contribution is 2.15. The van der Waals surface area contributed by atoms with Crippen molar-refractivity contribution >= 4 is 10.8 Å². The van der Waals surface area contributed by atoms with Gasteiger partial charge in [-0.3, -0.25) is 4.21 Å². The molecule has 1 atom stereocenters. The van der Waals surface area contributed by atoms with Crippen LogP contribution in [0.15, 0.2) is 23.1 Å². The normalized spacial score (nSPS) is 13.1. The van der Waals surface area contributed by atoms with E-state index in [1.807, 2.05) is 0 Å². The molecule has 6 heteroatoms. The van der Waals surface area contributed by atoms with Crippen molar-refractivity contribution in [1.29, 1.82) is 0 Å². The fourth-order valence-corrected chi connectivity index (χ4v) is 2.33. The Hall–Kier alpha value is -0.850. The van der Waals surface area contributed by atoms with Crippen LogP contribution in [0.3, 0.4) is 0 Å². The molecule has 0 amide bonds. The van der Waals surface area contributed by atoms with Crippen molar-refractivity contribution in [3.05, 3.63) is 29.8 Å². The van der Waals surface area contributed by atoms with Gasteiger partial charge in [0.05, 0.1) is 21.4 Å². The van der Waals surface area contributed by atoms with E-state index in [4.69, 9.17) is 9.47 Å². The van der Waals surface area contributed by atoms with Crippen molar-refractivity contribution in [2.75, 3.05) is 20.0 Å². The number of ether oxygens (including phenoxy) is 2. The van der Waals surface area contributed by atoms with Gasteiger partial charge in [0.2, 0.25) is 0 Å². The van der Waals surface area contributed by atoms with Gasteiger partial charge in [-0.1, -0.05) is 0 Å². The molecule has 0 saturated carbocycles. The first-order valence-electron chi connectivity index (χ1n) is 4.47. The first-order valence-corrected chi connectivity index (χ1v) is 5.79. The van der Waals surface area contributed by atoms with E-state index in [-0.39, 0.29) is 10.6 Å². The third-order valence-corrected chi connectivity index (χ3v) is 3.33. The summed E-state index contributed by atoms with van der Waals surface area (Å²) in [5.74, 6) is -1.38. The van der Waals surface area contributed by atoms with Gasteiger partial charge in [-0.2, -0.15) is 0 Å². The van der Waals surface area contributed by atoms with E-state index >= 15 is 0 Å². The molecule has 0 saturated heterocycles. The van der Waals surface area contributed by atoms with E-state index < -0.39 is 28.7 Å². The molecule has 1 unspecified atom stereocenters. The van der Waals surface area contributed by atoms with E-state index in [1.54, 1.807) is 0 Å². The zero-order chi connectivity index (χ0) is 12.1. The second-order valence-electron chi connectivity index (χ2n) is 2.99. The number of benzene rings is 1. The molecule has 0 aliphatic heterocycles. The fraction of sp³-hybridized carbons (Fsp3) is 0.400. The molecule has 0 aromatic heterocycles. The summed E-state index contributed by atoms with van der Waals surface area (Å²) in [6.07, 6.45) is -0.705. The zero-order valence-electron chi connectivity index (χ0n) is 8.91. The van der Waals surface area contributed by atoms with Crippen molar-refractivity contribution in [2.45, 2.75) is 11.2 Å². The smallest absolute Gasteiger partial charge is 0.168 e. The Morgan fingerprint density at radius 2 is 1.94 bits per heavy atom. The molecule has 0 radical (unpaired) electrons. The van der Waals surface area contributed by atoms with E-state index in [0.717, 1.165) is 18.2 Å². The Kier molecular flexibility index (Phi) is 4.98. The van der Waals surface area contributed by atoms with Gasteiger partial charge in [0.1, 0.15) is 11.6 Å². The van der Waals surface area contributed by atoms with E-state index in [2.05, 4.69) is 0 Å². The van der Waals surface area contributed by atoms with Gasteiger partial charge in [-0.15, -0.1) is 0 Å². The number of hydrogen-bond donors (Lipinski definition) is 0. The standard InChI is InChI=1S/C10H12F2O3S/c1-14-10(15-2)6-16(13)9-5-7(11)3-4-8(9)12/h3-5,10H,6H2,1-2H3. The van der Waals surface area contributed by atoms with Crippen LogP contribution in [0.5, 0.6) is 0 Å². The van der Waals surface area contributed by atoms with Crippen LogP contribution in [-0.4, -0.2) is 30.5 Å². The zero-order valence-corrected chi connectivity index (χ0v) is 9.72. The second kappa shape index (κ2) is 6.03. The quantitative estimate of drug-likeness (QED) is 0.746. The highest BCUT2D eigenvalue weighted by Gasteiger charge is 2.16. The minimum Gasteiger partial charge on any atom is -0.355 e. The Morgan fingerprint density at radius 1 is 1.31 bits per heavy atom. The number of rotatable bonds is 5. The lowest BCUT2D eigenvalue weighted by Crippen LogP contribution is -2.21. The van der Waals surface area contributed by atoms with E-state index in [9.17, 15) is 13.0 Å². The van der Waals surface area contributed by atoms with Crippen molar-refractivity contribution in [2.24, 2.45) is 0 Å². The summed E-state index contributed by atoms with van der Waals surface area (Å²) in [4.78, 5) is -0.181. The lowest BCUT2D eigenvalue weighted by molar-refractivity contribution is -0.0847. The molecule has 1 aromatic carbocycles. The van der Waals surface area contributed by atoms with E-state index in [1.165, 1.54) is 14.2 Å². The molecule has 3 nitrogen and oxygen atoms in total. The highest BCUT2D eigenvalue weighted by atomic mass is 32.2. The van der Waals surface area contributed by atoms with Crippen LogP contribution in [0.4, 0.5) is 8.78 Å². The highest BCUT2D eigenvalue weighted by molar-refractivity contribution is 7.85. The lowest BCUT2D eigenvalue weighted by atomic mass is 10.3. The SMILES string of the molecule is COC(CS(=O)c1cc(F)ccc1F)OC. The van der Waals surface area contributed by atoms with Crippen LogP contribution in [0.25, 0.3) is 0 Å². The molecule has 90 valence electrons. The van der Waals surface area contributed by atoms with Crippen molar-refractivity contribution in [3.8, 4) is 0 Å². The second-order valence-corrected chi connectivity index (χ2v) is 4.45. The third-order valence-electron chi connectivity index (χ3n) is 1.95. The van der Waals surface area contributed by atoms with Crippen LogP contribution in [0, 0.1) is 11.6 Å². The van der Waals surface area contributed by atoms with Crippen LogP contribution < -0.4 is 0 Å². The van der Waals surface area contributed by atoms with Gasteiger partial charge < -0.3 is 9.47 Å². The Balaban J connectivity index is 2.83. The molecule has 1 aromatic rings. The van der Waals surface area contributed by atoms with Crippen molar-refractivity contribution in [1.82, 2.24) is 0 Å². The average molecular weight is 250 g/mol. The minimum atomic E-state index is -1.70. The van der Waals surface area contributed by atoms with Crippen molar-refractivity contribution in [3.63, 3.8) is 0 Å². The fourth-order valence-electron chi connectivity index (χ4n) is 1.10. The Bertz CT molecular complexity index is 380. The molecular formula is C10H12F2O3S. The number of methoxy groups -OCH3 is 2. The molecular weight excluding hydrogens is 238 g/mol. The summed E-state index contributed by atoms with van der Waals surface area (Å²) in [6, 6.07) is 2.82. The minimum absolute atomic E-state index is 0.0482. The van der Waals surface area contributed by atoms with Gasteiger partial charge in [-0.05, 0) is 18.2 Å². The molecule has 0 bridgehead atoms. The predicted molar refractivity (Wildman–Crippen MR) is 55.4 cm³/mol. The van der Waals surface area contributed by atoms with Gasteiger partial charge in [0.15, 0.2) is 6.29 Å². The van der Waals surface area contributed by atoms with Crippen LogP contribution in [-0.2, 0) is 20.3 Å². The maximum atomic E-state index is 13.2. The number of hydrogen-bond acceptors (Lipinski definition) is 3. The van der Waals surface area contributed by atoms with Gasteiger partial charge in [0.25, 0.3) is 0 Å². The van der Waals surface area contributed by atoms with Crippen LogP contribution >= 0.6 is 0 Å². The molecule has 0 spiro atoms. The summed E-state index contributed by atoms with van der Waals surface area (Å²) >= 11 is 0. The first-order chi connectivity index (χ1) is 7.58. The maximum absolute atomic E-state index is 13.2. The molecule has 0 fully saturated rings. The summed E-state index contributed by atoms with van der Waals surface area (Å²) < 4.78 is 47.4. The maximum Gasteiger partial charge on any atom is 0.168 e. The summed E-state index contributed by atoms with van der Waals surface area (Å²) in [5, 5.41) is 0. The topological polar surface area (TPSA) is 35.5 Å². The predicted octanol–water partition coefficient (Wildman–Crippen LogP) is 1.69. The molecule has 0 aliphatic rings. The monoisotopic (exact) mass is 250 g/mol. The summed E-state index contributed by atoms with van der Waals surface area (Å²) in [7, 11) is 1.06. The average Bonchev–Trinajstić information content (AvgIpc) is 2.28. The van der Waals surface area contributed by atoms with Crippen LogP contribution in [0.2, 0.25) is 0 Å². The van der Waals surface area contributed by atoms with Crippen LogP contribution in [0.1, 0.15) is 0 Å². The summed E-state index contributed by atoms with van der Waals surface area (Å²) in [6.45, 7) is 0. The Labute approximate surface area is 94.8 Å². The lowest BCUT2D eigenvalue weighted by Gasteiger charge is -2.12. The molecule has 0 heterocycles. The molecule has 0 aliphatic carbocycles. The summed E-state index contributed by atoms with van der Waals surface area (Å²) in [5.41, 5.74) is 0. The van der Waals surface area contributed by atoms with Gasteiger partial charge in [-0.25, -0.2) is 8.78 Å². The van der Waals surface area contributed by atoms with Gasteiger partial charge >= 0.3 is 0 Å². The van der Waals surface area contributed by atoms with Crippen molar-refractivity contribution < 1.29 is 22.5 Å². The largest absolute Gasteiger partial charge is 0.355 e.